The van der Waals surface area contributed by atoms with Crippen molar-refractivity contribution in [2.45, 2.75) is 5.33 Å². The minimum Gasteiger partial charge on any atom is -0.507 e. The molecule has 0 saturated carbocycles. The van der Waals surface area contributed by atoms with Crippen molar-refractivity contribution in [2.24, 2.45) is 0 Å². The molecule has 1 aromatic carbocycles. The molecular formula is C8H6BrClO2. The third-order valence-electron chi connectivity index (χ3n) is 1.45. The lowest BCUT2D eigenvalue weighted by molar-refractivity contribution is 0.112. The van der Waals surface area contributed by atoms with Crippen LogP contribution in [0.4, 0.5) is 0 Å². The van der Waals surface area contributed by atoms with Crippen LogP contribution in [0.2, 0.25) is 5.02 Å². The van der Waals surface area contributed by atoms with Crippen LogP contribution in [0.1, 0.15) is 15.9 Å². The number of hydrogen-bond acceptors (Lipinski definition) is 2. The zero-order valence-electron chi connectivity index (χ0n) is 6.05. The van der Waals surface area contributed by atoms with Crippen molar-refractivity contribution in [3.8, 4) is 5.75 Å². The largest absolute Gasteiger partial charge is 0.507 e. The van der Waals surface area contributed by atoms with Crippen LogP contribution in [0.5, 0.6) is 5.75 Å². The number of phenols is 1. The van der Waals surface area contributed by atoms with Crippen molar-refractivity contribution in [1.29, 1.82) is 0 Å². The Labute approximate surface area is 83.3 Å². The van der Waals surface area contributed by atoms with Crippen molar-refractivity contribution in [2.75, 3.05) is 0 Å². The van der Waals surface area contributed by atoms with Gasteiger partial charge in [0.05, 0.1) is 5.56 Å². The molecular weight excluding hydrogens is 243 g/mol. The zero-order chi connectivity index (χ0) is 9.14. The van der Waals surface area contributed by atoms with Crippen molar-refractivity contribution in [1.82, 2.24) is 0 Å². The molecule has 0 aliphatic heterocycles. The van der Waals surface area contributed by atoms with E-state index < -0.39 is 0 Å². The van der Waals surface area contributed by atoms with Crippen molar-refractivity contribution >= 4 is 33.8 Å². The summed E-state index contributed by atoms with van der Waals surface area (Å²) in [5.74, 6) is -0.00808. The second kappa shape index (κ2) is 3.92. The molecule has 0 fully saturated rings. The average molecular weight is 249 g/mol. The monoisotopic (exact) mass is 248 g/mol. The summed E-state index contributed by atoms with van der Waals surface area (Å²) >= 11 is 8.86. The Balaban J connectivity index is 3.31. The Kier molecular flexibility index (Phi) is 3.12. The lowest BCUT2D eigenvalue weighted by Crippen LogP contribution is -1.87. The van der Waals surface area contributed by atoms with Crippen LogP contribution in [-0.4, -0.2) is 11.4 Å². The summed E-state index contributed by atoms with van der Waals surface area (Å²) < 4.78 is 0. The van der Waals surface area contributed by atoms with E-state index in [9.17, 15) is 9.90 Å². The molecule has 1 aromatic rings. The summed E-state index contributed by atoms with van der Waals surface area (Å²) in [7, 11) is 0. The summed E-state index contributed by atoms with van der Waals surface area (Å²) in [4.78, 5) is 10.4. The molecule has 0 atom stereocenters. The summed E-state index contributed by atoms with van der Waals surface area (Å²) in [6.45, 7) is 0. The molecule has 0 aromatic heterocycles. The van der Waals surface area contributed by atoms with Crippen LogP contribution in [0.3, 0.4) is 0 Å². The molecule has 0 aliphatic rings. The normalized spacial score (nSPS) is 9.83. The van der Waals surface area contributed by atoms with Gasteiger partial charge in [0.15, 0.2) is 6.29 Å². The maximum atomic E-state index is 10.4. The van der Waals surface area contributed by atoms with E-state index in [2.05, 4.69) is 15.9 Å². The van der Waals surface area contributed by atoms with Crippen LogP contribution < -0.4 is 0 Å². The number of carbonyl (C=O) groups is 1. The highest BCUT2D eigenvalue weighted by molar-refractivity contribution is 9.08. The zero-order valence-corrected chi connectivity index (χ0v) is 8.39. The number of rotatable bonds is 2. The van der Waals surface area contributed by atoms with Gasteiger partial charge in [-0.25, -0.2) is 0 Å². The molecule has 12 heavy (non-hydrogen) atoms. The first-order valence-corrected chi connectivity index (χ1v) is 4.71. The molecule has 64 valence electrons. The highest BCUT2D eigenvalue weighted by Crippen LogP contribution is 2.27. The van der Waals surface area contributed by atoms with Gasteiger partial charge in [0.25, 0.3) is 0 Å². The summed E-state index contributed by atoms with van der Waals surface area (Å²) in [6, 6.07) is 3.04. The van der Waals surface area contributed by atoms with E-state index in [1.807, 2.05) is 0 Å². The average Bonchev–Trinajstić information content (AvgIpc) is 2.08. The van der Waals surface area contributed by atoms with Gasteiger partial charge in [0.2, 0.25) is 0 Å². The molecule has 0 amide bonds. The van der Waals surface area contributed by atoms with Crippen LogP contribution in [-0.2, 0) is 5.33 Å². The van der Waals surface area contributed by atoms with Gasteiger partial charge in [-0.15, -0.1) is 0 Å². The van der Waals surface area contributed by atoms with E-state index in [0.717, 1.165) is 0 Å². The summed E-state index contributed by atoms with van der Waals surface area (Å²) in [6.07, 6.45) is 0.577. The lowest BCUT2D eigenvalue weighted by atomic mass is 10.1. The minimum absolute atomic E-state index is 0.00808. The van der Waals surface area contributed by atoms with Gasteiger partial charge < -0.3 is 5.11 Å². The molecule has 0 spiro atoms. The number of aromatic hydroxyl groups is 1. The van der Waals surface area contributed by atoms with Crippen LogP contribution in [0.25, 0.3) is 0 Å². The second-order valence-corrected chi connectivity index (χ2v) is 3.25. The predicted molar refractivity (Wildman–Crippen MR) is 51.1 cm³/mol. The first kappa shape index (κ1) is 9.55. The molecule has 2 nitrogen and oxygen atoms in total. The fraction of sp³-hybridized carbons (Fsp3) is 0.125. The molecule has 0 radical (unpaired) electrons. The Hall–Kier alpha value is -0.540. The fourth-order valence-electron chi connectivity index (χ4n) is 0.870. The van der Waals surface area contributed by atoms with Crippen molar-refractivity contribution < 1.29 is 9.90 Å². The van der Waals surface area contributed by atoms with Crippen LogP contribution in [0, 0.1) is 0 Å². The highest BCUT2D eigenvalue weighted by atomic mass is 79.9. The SMILES string of the molecule is O=Cc1cc(Cl)cc(CBr)c1O. The number of halogens is 2. The topological polar surface area (TPSA) is 37.3 Å². The number of phenolic OH excluding ortho intramolecular Hbond substituents is 1. The second-order valence-electron chi connectivity index (χ2n) is 2.25. The number of hydrogen-bond donors (Lipinski definition) is 1. The number of aldehydes is 1. The molecule has 0 aliphatic carbocycles. The summed E-state index contributed by atoms with van der Waals surface area (Å²) in [5, 5.41) is 10.3. The minimum atomic E-state index is -0.00808. The molecule has 0 bridgehead atoms. The Morgan fingerprint density at radius 2 is 2.25 bits per heavy atom. The number of benzene rings is 1. The maximum Gasteiger partial charge on any atom is 0.153 e. The maximum absolute atomic E-state index is 10.4. The Morgan fingerprint density at radius 3 is 2.75 bits per heavy atom. The number of alkyl halides is 1. The van der Waals surface area contributed by atoms with E-state index in [0.29, 0.717) is 22.2 Å². The molecule has 0 heterocycles. The first-order valence-electron chi connectivity index (χ1n) is 3.21. The smallest absolute Gasteiger partial charge is 0.153 e. The van der Waals surface area contributed by atoms with Gasteiger partial charge in [0.1, 0.15) is 5.75 Å². The van der Waals surface area contributed by atoms with Gasteiger partial charge >= 0.3 is 0 Å². The van der Waals surface area contributed by atoms with E-state index in [1.165, 1.54) is 6.07 Å². The number of carbonyl (C=O) groups excluding carboxylic acids is 1. The molecule has 0 unspecified atom stereocenters. The van der Waals surface area contributed by atoms with Gasteiger partial charge in [-0.05, 0) is 12.1 Å². The van der Waals surface area contributed by atoms with Crippen molar-refractivity contribution in [3.63, 3.8) is 0 Å². The van der Waals surface area contributed by atoms with E-state index in [1.54, 1.807) is 6.07 Å². The molecule has 1 rings (SSSR count). The fourth-order valence-corrected chi connectivity index (χ4v) is 1.55. The highest BCUT2D eigenvalue weighted by Gasteiger charge is 2.06. The predicted octanol–water partition coefficient (Wildman–Crippen LogP) is 2.75. The molecule has 1 N–H and O–H groups in total. The molecule has 4 heteroatoms. The third kappa shape index (κ3) is 1.79. The Bertz CT molecular complexity index is 312. The first-order chi connectivity index (χ1) is 5.69. The van der Waals surface area contributed by atoms with Crippen molar-refractivity contribution in [3.05, 3.63) is 28.3 Å². The molecule has 0 saturated heterocycles. The van der Waals surface area contributed by atoms with Gasteiger partial charge in [0, 0.05) is 15.9 Å². The Morgan fingerprint density at radius 1 is 1.58 bits per heavy atom. The van der Waals surface area contributed by atoms with E-state index in [-0.39, 0.29) is 11.3 Å². The van der Waals surface area contributed by atoms with Gasteiger partial charge in [-0.1, -0.05) is 27.5 Å². The van der Waals surface area contributed by atoms with Gasteiger partial charge in [-0.2, -0.15) is 0 Å². The van der Waals surface area contributed by atoms with E-state index in [4.69, 9.17) is 11.6 Å². The van der Waals surface area contributed by atoms with E-state index >= 15 is 0 Å². The van der Waals surface area contributed by atoms with Gasteiger partial charge in [-0.3, -0.25) is 4.79 Å². The van der Waals surface area contributed by atoms with Crippen LogP contribution in [0.15, 0.2) is 12.1 Å². The third-order valence-corrected chi connectivity index (χ3v) is 2.28. The van der Waals surface area contributed by atoms with Crippen LogP contribution >= 0.6 is 27.5 Å². The summed E-state index contributed by atoms with van der Waals surface area (Å²) in [5.41, 5.74) is 0.835. The lowest BCUT2D eigenvalue weighted by Gasteiger charge is -2.03. The quantitative estimate of drug-likeness (QED) is 0.646. The standard InChI is InChI=1S/C8H6BrClO2/c9-3-5-1-7(10)2-6(4-11)8(5)12/h1-2,4,12H,3H2.